The summed E-state index contributed by atoms with van der Waals surface area (Å²) in [7, 11) is 0. The number of aromatic nitrogens is 3. The van der Waals surface area contributed by atoms with Crippen molar-refractivity contribution in [1.29, 1.82) is 0 Å². The Kier molecular flexibility index (Phi) is 11.2. The quantitative estimate of drug-likeness (QED) is 0.140. The number of likely N-dealkylation sites (tertiary alicyclic amines) is 1. The van der Waals surface area contributed by atoms with Gasteiger partial charge in [0.2, 0.25) is 11.8 Å². The zero-order valence-corrected chi connectivity index (χ0v) is 39.2. The molecule has 0 spiro atoms. The molecule has 15 nitrogen and oxygen atoms in total. The molecule has 2 bridgehead atoms. The molecule has 5 aromatic rings. The first-order chi connectivity index (χ1) is 33.8. The van der Waals surface area contributed by atoms with Gasteiger partial charge in [-0.1, -0.05) is 25.1 Å². The summed E-state index contributed by atoms with van der Waals surface area (Å²) in [6, 6.07) is 13.7. The fraction of sp³-hybridized carbons (Fsp3) is 0.500. The van der Waals surface area contributed by atoms with Crippen LogP contribution < -0.4 is 25.2 Å². The number of rotatable bonds is 11. The summed E-state index contributed by atoms with van der Waals surface area (Å²) in [5.41, 5.74) is 3.55. The number of fused-ring (bicyclic) bond motifs is 5. The van der Waals surface area contributed by atoms with Gasteiger partial charge in [-0.15, -0.1) is 0 Å². The van der Waals surface area contributed by atoms with Crippen LogP contribution in [0.25, 0.3) is 32.9 Å². The number of hydrogen-bond donors (Lipinski definition) is 3. The maximum atomic E-state index is 17.2. The molecule has 0 radical (unpaired) electrons. The van der Waals surface area contributed by atoms with E-state index in [9.17, 15) is 19.5 Å². The van der Waals surface area contributed by atoms with E-state index in [4.69, 9.17) is 14.7 Å². The van der Waals surface area contributed by atoms with Crippen molar-refractivity contribution >= 4 is 50.9 Å². The van der Waals surface area contributed by atoms with Crippen molar-refractivity contribution in [3.63, 3.8) is 0 Å². The molecule has 5 saturated heterocycles. The van der Waals surface area contributed by atoms with Crippen LogP contribution in [-0.2, 0) is 22.6 Å². The topological polar surface area (TPSA) is 160 Å². The van der Waals surface area contributed by atoms with Crippen LogP contribution in [0, 0.1) is 11.2 Å². The number of aryl methyl sites for hydroxylation is 1. The summed E-state index contributed by atoms with van der Waals surface area (Å²) in [4.78, 5) is 61.5. The molecule has 6 fully saturated rings. The zero-order valence-electron chi connectivity index (χ0n) is 39.2. The smallest absolute Gasteiger partial charge is 0.319 e. The predicted octanol–water partition coefficient (Wildman–Crippen LogP) is 5.64. The fourth-order valence-electron chi connectivity index (χ4n) is 12.3. The minimum atomic E-state index is -2.94. The lowest BCUT2D eigenvalue weighted by Crippen LogP contribution is -2.62. The van der Waals surface area contributed by atoms with Crippen molar-refractivity contribution in [1.82, 2.24) is 40.3 Å². The molecule has 8 heterocycles. The summed E-state index contributed by atoms with van der Waals surface area (Å²) in [6.07, 6.45) is 6.85. The molecule has 6 aliphatic heterocycles. The van der Waals surface area contributed by atoms with Gasteiger partial charge >= 0.3 is 6.01 Å². The molecule has 1 aliphatic carbocycles. The molecule has 366 valence electrons. The van der Waals surface area contributed by atoms with Gasteiger partial charge in [-0.2, -0.15) is 9.97 Å². The van der Waals surface area contributed by atoms with Crippen molar-refractivity contribution in [3.05, 3.63) is 77.2 Å². The number of ether oxygens (including phenoxy) is 1. The van der Waals surface area contributed by atoms with Gasteiger partial charge in [-0.3, -0.25) is 34.5 Å². The molecule has 4 atom stereocenters. The maximum Gasteiger partial charge on any atom is 0.319 e. The second-order valence-corrected chi connectivity index (χ2v) is 20.7. The minimum Gasteiger partial charge on any atom is -0.508 e. The predicted molar refractivity (Wildman–Crippen MR) is 257 cm³/mol. The van der Waals surface area contributed by atoms with E-state index in [0.29, 0.717) is 94.0 Å². The number of imide groups is 1. The Hall–Kier alpha value is -6.11. The van der Waals surface area contributed by atoms with Gasteiger partial charge in [-0.25, -0.2) is 13.2 Å². The molecule has 18 heteroatoms. The second-order valence-electron chi connectivity index (χ2n) is 20.7. The number of aromatic hydroxyl groups is 1. The fourth-order valence-corrected chi connectivity index (χ4v) is 12.3. The number of nitrogens with one attached hydrogen (secondary N) is 2. The molecule has 70 heavy (non-hydrogen) atoms. The van der Waals surface area contributed by atoms with Gasteiger partial charge in [0.05, 0.1) is 24.6 Å². The van der Waals surface area contributed by atoms with E-state index in [-0.39, 0.29) is 78.4 Å². The van der Waals surface area contributed by atoms with E-state index < -0.39 is 29.7 Å². The molecule has 2 aromatic heterocycles. The van der Waals surface area contributed by atoms with Crippen molar-refractivity contribution in [3.8, 4) is 23.0 Å². The molecule has 3 N–H and O–H groups in total. The third-order valence-electron chi connectivity index (χ3n) is 16.1. The van der Waals surface area contributed by atoms with Gasteiger partial charge in [0, 0.05) is 106 Å². The van der Waals surface area contributed by atoms with E-state index in [2.05, 4.69) is 25.4 Å². The monoisotopic (exact) mass is 958 g/mol. The number of benzene rings is 3. The summed E-state index contributed by atoms with van der Waals surface area (Å²) < 4.78 is 56.2. The Morgan fingerprint density at radius 3 is 2.44 bits per heavy atom. The highest BCUT2D eigenvalue weighted by Gasteiger charge is 2.52. The van der Waals surface area contributed by atoms with Crippen LogP contribution >= 0.6 is 0 Å². The number of amides is 3. The third kappa shape index (κ3) is 8.14. The van der Waals surface area contributed by atoms with E-state index in [1.807, 2.05) is 47.1 Å². The van der Waals surface area contributed by atoms with Gasteiger partial charge in [0.1, 0.15) is 28.8 Å². The molecule has 12 rings (SSSR count). The molecule has 7 aliphatic rings. The number of anilines is 2. The van der Waals surface area contributed by atoms with E-state index >= 15 is 13.2 Å². The Morgan fingerprint density at radius 2 is 1.70 bits per heavy atom. The van der Waals surface area contributed by atoms with Gasteiger partial charge < -0.3 is 29.9 Å². The van der Waals surface area contributed by atoms with Crippen LogP contribution in [0.5, 0.6) is 11.8 Å². The Bertz CT molecular complexity index is 2930. The van der Waals surface area contributed by atoms with Crippen molar-refractivity contribution in [2.45, 2.75) is 94.9 Å². The molecular formula is C52H57F3N10O5. The first-order valence-corrected chi connectivity index (χ1v) is 24.9. The number of nitrogens with zero attached hydrogens (tertiary/aromatic N) is 8. The molecule has 3 amide bonds. The van der Waals surface area contributed by atoms with Gasteiger partial charge in [-0.05, 0) is 97.2 Å². The van der Waals surface area contributed by atoms with E-state index in [1.165, 1.54) is 4.90 Å². The number of piperidine rings is 2. The lowest BCUT2D eigenvalue weighted by atomic mass is 9.95. The lowest BCUT2D eigenvalue weighted by Gasteiger charge is -2.47. The third-order valence-corrected chi connectivity index (χ3v) is 16.1. The number of phenolic OH excluding ortho intramolecular Hbond substituents is 1. The van der Waals surface area contributed by atoms with Crippen molar-refractivity contribution in [2.75, 3.05) is 75.3 Å². The normalized spacial score (nSPS) is 25.5. The number of halogens is 3. The second kappa shape index (κ2) is 17.3. The van der Waals surface area contributed by atoms with Crippen LogP contribution in [0.3, 0.4) is 0 Å². The minimum absolute atomic E-state index is 0.00719. The Balaban J connectivity index is 0.717. The van der Waals surface area contributed by atoms with Gasteiger partial charge in [0.15, 0.2) is 5.82 Å². The van der Waals surface area contributed by atoms with Crippen LogP contribution in [0.1, 0.15) is 73.4 Å². The van der Waals surface area contributed by atoms with Crippen molar-refractivity contribution in [2.24, 2.45) is 5.41 Å². The Labute approximate surface area is 403 Å². The van der Waals surface area contributed by atoms with Gasteiger partial charge in [0.25, 0.3) is 11.8 Å². The number of piperazine rings is 2. The van der Waals surface area contributed by atoms with Crippen LogP contribution in [-0.4, -0.2) is 148 Å². The van der Waals surface area contributed by atoms with Crippen LogP contribution in [0.4, 0.5) is 24.7 Å². The van der Waals surface area contributed by atoms with E-state index in [0.717, 1.165) is 53.3 Å². The highest BCUT2D eigenvalue weighted by Crippen LogP contribution is 2.48. The average molecular weight is 959 g/mol. The zero-order chi connectivity index (χ0) is 48.1. The molecule has 1 saturated carbocycles. The van der Waals surface area contributed by atoms with Crippen LogP contribution in [0.15, 0.2) is 54.7 Å². The van der Waals surface area contributed by atoms with Crippen molar-refractivity contribution < 1.29 is 37.4 Å². The number of phenols is 1. The lowest BCUT2D eigenvalue weighted by molar-refractivity contribution is -0.137. The highest BCUT2D eigenvalue weighted by molar-refractivity contribution is 6.06. The SMILES string of the molecule is CCc1cccc2cc(O)cc(-c3ncc4c(N5CC6CCC(C5)N6)nc(OCC5(CN6CCC(N7CCN(c8ccc9c(c8)CN([C@H]8CCC(=O)NC8=O)C9=O)CC7)C(F)(F)C6)CC5)nc4c3F)c12. The summed E-state index contributed by atoms with van der Waals surface area (Å²) >= 11 is 0. The number of pyridine rings is 1. The molecular weight excluding hydrogens is 902 g/mol. The van der Waals surface area contributed by atoms with Crippen LogP contribution in [0.2, 0.25) is 0 Å². The number of alkyl halides is 2. The summed E-state index contributed by atoms with van der Waals surface area (Å²) in [5, 5.41) is 18.8. The first-order valence-electron chi connectivity index (χ1n) is 24.9. The average Bonchev–Trinajstić information content (AvgIpc) is 3.92. The van der Waals surface area contributed by atoms with E-state index in [1.54, 1.807) is 24.4 Å². The number of carbonyl (C=O) groups excluding carboxylic acids is 3. The number of hydrogen-bond acceptors (Lipinski definition) is 13. The first kappa shape index (κ1) is 45.1. The maximum absolute atomic E-state index is 17.2. The largest absolute Gasteiger partial charge is 0.508 e. The summed E-state index contributed by atoms with van der Waals surface area (Å²) in [6.45, 7) is 6.59. The highest BCUT2D eigenvalue weighted by atomic mass is 19.3. The molecule has 3 aromatic carbocycles. The standard InChI is InChI=1S/C52H57F3N10O5/c1-2-30-4-3-5-31-21-36(66)22-38(43(30)31)45-44(53)46-39(23-56-45)47(64-25-33-6-7-34(26-64)57-33)60-50(59-46)70-29-51(13-14-51)27-61-15-12-41(52(54,55)28-61)63-18-16-62(17-19-63)35-8-9-37-32(20-35)24-65(49(37)69)40-10-11-42(67)58-48(40)68/h3-5,8-9,20-23,33-34,40-41,57,66H,2,6-7,10-19,24-29H2,1H3,(H,58,67,68)/t33?,34?,40-,41?/m0/s1. The number of carbonyl (C=O) groups is 3. The molecule has 3 unspecified atom stereocenters. The Morgan fingerprint density at radius 1 is 0.900 bits per heavy atom. The summed E-state index contributed by atoms with van der Waals surface area (Å²) in [5.74, 6) is -4.01.